The van der Waals surface area contributed by atoms with Crippen molar-refractivity contribution in [1.29, 1.82) is 0 Å². The van der Waals surface area contributed by atoms with Crippen molar-refractivity contribution in [3.05, 3.63) is 36.4 Å². The Hall–Kier alpha value is -1.59. The molecule has 0 aliphatic heterocycles. The highest BCUT2D eigenvalue weighted by atomic mass is 17.2. The van der Waals surface area contributed by atoms with Gasteiger partial charge in [-0.1, -0.05) is 0 Å². The van der Waals surface area contributed by atoms with E-state index in [0.29, 0.717) is 24.5 Å². The van der Waals surface area contributed by atoms with Crippen LogP contribution >= 0.6 is 0 Å². The largest absolute Gasteiger partial charge is 0.494 e. The van der Waals surface area contributed by atoms with Gasteiger partial charge in [-0.2, -0.15) is 4.89 Å². The van der Waals surface area contributed by atoms with Crippen LogP contribution in [0.25, 0.3) is 0 Å². The molecule has 99 valence electrons. The van der Waals surface area contributed by atoms with Gasteiger partial charge in [0, 0.05) is 6.61 Å². The van der Waals surface area contributed by atoms with Crippen LogP contribution in [0.3, 0.4) is 0 Å². The SMILES string of the molecule is CCOC[CH]OOC(=O)c1ccc(OCC)cc1. The molecular weight excluding hydrogens is 236 g/mol. The van der Waals surface area contributed by atoms with E-state index in [4.69, 9.17) is 9.47 Å². The second-order valence-corrected chi connectivity index (χ2v) is 3.25. The third-order valence-electron chi connectivity index (χ3n) is 1.98. The minimum Gasteiger partial charge on any atom is -0.494 e. The highest BCUT2D eigenvalue weighted by Gasteiger charge is 2.08. The molecule has 0 spiro atoms. The molecule has 1 radical (unpaired) electrons. The minimum absolute atomic E-state index is 0.271. The van der Waals surface area contributed by atoms with Crippen LogP contribution in [0.1, 0.15) is 24.2 Å². The van der Waals surface area contributed by atoms with Crippen LogP contribution in [-0.2, 0) is 14.5 Å². The van der Waals surface area contributed by atoms with Crippen molar-refractivity contribution in [2.24, 2.45) is 0 Å². The maximum absolute atomic E-state index is 11.5. The molecule has 0 N–H and O–H groups in total. The number of carbonyl (C=O) groups is 1. The van der Waals surface area contributed by atoms with Gasteiger partial charge in [0.1, 0.15) is 5.75 Å². The van der Waals surface area contributed by atoms with E-state index >= 15 is 0 Å². The fourth-order valence-electron chi connectivity index (χ4n) is 1.17. The zero-order chi connectivity index (χ0) is 13.2. The summed E-state index contributed by atoms with van der Waals surface area (Å²) in [6.07, 6.45) is 0. The molecule has 5 heteroatoms. The lowest BCUT2D eigenvalue weighted by Gasteiger charge is -2.05. The number of benzene rings is 1. The third-order valence-corrected chi connectivity index (χ3v) is 1.98. The number of hydrogen-bond acceptors (Lipinski definition) is 5. The number of rotatable bonds is 8. The Morgan fingerprint density at radius 2 is 1.89 bits per heavy atom. The quantitative estimate of drug-likeness (QED) is 0.404. The van der Waals surface area contributed by atoms with Gasteiger partial charge in [-0.15, -0.1) is 0 Å². The van der Waals surface area contributed by atoms with Gasteiger partial charge in [0.15, 0.2) is 6.61 Å². The molecular formula is C13H17O5. The van der Waals surface area contributed by atoms with E-state index in [0.717, 1.165) is 0 Å². The fourth-order valence-corrected chi connectivity index (χ4v) is 1.17. The summed E-state index contributed by atoms with van der Waals surface area (Å²) in [4.78, 5) is 20.7. The van der Waals surface area contributed by atoms with E-state index in [9.17, 15) is 4.79 Å². The van der Waals surface area contributed by atoms with E-state index in [1.165, 1.54) is 6.61 Å². The minimum atomic E-state index is -0.564. The highest BCUT2D eigenvalue weighted by Crippen LogP contribution is 2.12. The van der Waals surface area contributed by atoms with Crippen molar-refractivity contribution in [2.45, 2.75) is 13.8 Å². The highest BCUT2D eigenvalue weighted by molar-refractivity contribution is 5.89. The average Bonchev–Trinajstić information content (AvgIpc) is 2.39. The molecule has 0 unspecified atom stereocenters. The normalized spacial score (nSPS) is 10.1. The Bertz CT molecular complexity index is 347. The molecule has 0 atom stereocenters. The van der Waals surface area contributed by atoms with Crippen LogP contribution in [0.5, 0.6) is 5.75 Å². The van der Waals surface area contributed by atoms with Crippen molar-refractivity contribution in [3.8, 4) is 5.75 Å². The fraction of sp³-hybridized carbons (Fsp3) is 0.385. The Morgan fingerprint density at radius 3 is 2.50 bits per heavy atom. The van der Waals surface area contributed by atoms with Gasteiger partial charge in [0.05, 0.1) is 18.8 Å². The Balaban J connectivity index is 2.32. The Labute approximate surface area is 107 Å². The summed E-state index contributed by atoms with van der Waals surface area (Å²) in [5.41, 5.74) is 0.392. The third kappa shape index (κ3) is 5.16. The summed E-state index contributed by atoms with van der Waals surface area (Å²) in [6, 6.07) is 6.62. The first-order valence-electron chi connectivity index (χ1n) is 5.77. The molecule has 18 heavy (non-hydrogen) atoms. The first-order chi connectivity index (χ1) is 8.77. The topological polar surface area (TPSA) is 54.0 Å². The number of hydrogen-bond donors (Lipinski definition) is 0. The van der Waals surface area contributed by atoms with Gasteiger partial charge in [-0.05, 0) is 38.1 Å². The monoisotopic (exact) mass is 253 g/mol. The molecule has 5 nitrogen and oxygen atoms in total. The molecule has 0 fully saturated rings. The number of carbonyl (C=O) groups excluding carboxylic acids is 1. The Morgan fingerprint density at radius 1 is 1.17 bits per heavy atom. The van der Waals surface area contributed by atoms with Crippen LogP contribution in [-0.4, -0.2) is 25.8 Å². The van der Waals surface area contributed by atoms with E-state index in [1.807, 2.05) is 13.8 Å². The molecule has 0 aliphatic rings. The molecule has 0 bridgehead atoms. The second-order valence-electron chi connectivity index (χ2n) is 3.25. The molecule has 0 saturated heterocycles. The van der Waals surface area contributed by atoms with Gasteiger partial charge in [-0.25, -0.2) is 4.79 Å². The van der Waals surface area contributed by atoms with Gasteiger partial charge in [0.2, 0.25) is 0 Å². The van der Waals surface area contributed by atoms with Crippen LogP contribution < -0.4 is 4.74 Å². The predicted molar refractivity (Wildman–Crippen MR) is 64.9 cm³/mol. The second kappa shape index (κ2) is 8.49. The Kier molecular flexibility index (Phi) is 6.83. The van der Waals surface area contributed by atoms with Crippen LogP contribution in [0.4, 0.5) is 0 Å². The molecule has 1 rings (SSSR count). The first kappa shape index (κ1) is 14.5. The van der Waals surface area contributed by atoms with Gasteiger partial charge >= 0.3 is 5.97 Å². The average molecular weight is 253 g/mol. The zero-order valence-corrected chi connectivity index (χ0v) is 10.5. The van der Waals surface area contributed by atoms with Crippen molar-refractivity contribution in [3.63, 3.8) is 0 Å². The summed E-state index contributed by atoms with van der Waals surface area (Å²) in [7, 11) is 0. The summed E-state index contributed by atoms with van der Waals surface area (Å²) >= 11 is 0. The summed E-state index contributed by atoms with van der Waals surface area (Å²) in [5.74, 6) is 0.142. The van der Waals surface area contributed by atoms with E-state index in [-0.39, 0.29) is 6.61 Å². The smallest absolute Gasteiger partial charge is 0.373 e. The van der Waals surface area contributed by atoms with E-state index < -0.39 is 5.97 Å². The van der Waals surface area contributed by atoms with Crippen molar-refractivity contribution < 1.29 is 24.0 Å². The molecule has 1 aromatic carbocycles. The van der Waals surface area contributed by atoms with Crippen molar-refractivity contribution in [2.75, 3.05) is 19.8 Å². The molecule has 0 heterocycles. The van der Waals surface area contributed by atoms with Crippen LogP contribution in [0.15, 0.2) is 24.3 Å². The van der Waals surface area contributed by atoms with E-state index in [2.05, 4.69) is 9.78 Å². The summed E-state index contributed by atoms with van der Waals surface area (Å²) in [6.45, 7) is 6.46. The zero-order valence-electron chi connectivity index (χ0n) is 10.5. The molecule has 1 aromatic rings. The predicted octanol–water partition coefficient (Wildman–Crippen LogP) is 2.37. The van der Waals surface area contributed by atoms with Crippen LogP contribution in [0.2, 0.25) is 0 Å². The van der Waals surface area contributed by atoms with Gasteiger partial charge in [0.25, 0.3) is 0 Å². The molecule has 0 amide bonds. The molecule has 0 aliphatic carbocycles. The summed E-state index contributed by atoms with van der Waals surface area (Å²) in [5, 5.41) is 0. The van der Waals surface area contributed by atoms with Crippen molar-refractivity contribution >= 4 is 5.97 Å². The first-order valence-corrected chi connectivity index (χ1v) is 5.77. The van der Waals surface area contributed by atoms with Gasteiger partial charge in [-0.3, -0.25) is 4.89 Å². The molecule has 0 aromatic heterocycles. The van der Waals surface area contributed by atoms with Crippen molar-refractivity contribution in [1.82, 2.24) is 0 Å². The van der Waals surface area contributed by atoms with E-state index in [1.54, 1.807) is 24.3 Å². The molecule has 0 saturated carbocycles. The lowest BCUT2D eigenvalue weighted by molar-refractivity contribution is -0.218. The maximum Gasteiger partial charge on any atom is 0.373 e. The lowest BCUT2D eigenvalue weighted by Crippen LogP contribution is -2.07. The summed E-state index contributed by atoms with van der Waals surface area (Å²) < 4.78 is 10.2. The van der Waals surface area contributed by atoms with Crippen LogP contribution in [0, 0.1) is 6.61 Å². The maximum atomic E-state index is 11.5. The standard InChI is InChI=1S/C13H17O5/c1-3-15-9-10-17-18-13(14)11-5-7-12(8-6-11)16-4-2/h5-8,10H,3-4,9H2,1-2H3. The van der Waals surface area contributed by atoms with Gasteiger partial charge < -0.3 is 9.47 Å². The number of ether oxygens (including phenoxy) is 2. The lowest BCUT2D eigenvalue weighted by atomic mass is 10.2.